The van der Waals surface area contributed by atoms with Gasteiger partial charge in [-0.2, -0.15) is 0 Å². The molecule has 0 aliphatic carbocycles. The zero-order valence-electron chi connectivity index (χ0n) is 16.7. The summed E-state index contributed by atoms with van der Waals surface area (Å²) in [5, 5.41) is 0. The molecule has 0 N–H and O–H groups in total. The first-order valence-corrected chi connectivity index (χ1v) is 10.0. The number of hydrogen-bond acceptors (Lipinski definition) is 3. The molecule has 0 bridgehead atoms. The molecule has 1 atom stereocenters. The highest BCUT2D eigenvalue weighted by Gasteiger charge is 2.20. The van der Waals surface area contributed by atoms with E-state index in [1.54, 1.807) is 13.4 Å². The number of hydrogen-bond donors (Lipinski definition) is 0. The van der Waals surface area contributed by atoms with E-state index in [4.69, 9.17) is 14.2 Å². The minimum Gasteiger partial charge on any atom is -0.504 e. The van der Waals surface area contributed by atoms with Gasteiger partial charge in [-0.25, -0.2) is 0 Å². The maximum Gasteiger partial charge on any atom is 0.122 e. The van der Waals surface area contributed by atoms with Crippen LogP contribution in [0.4, 0.5) is 0 Å². The third-order valence-electron chi connectivity index (χ3n) is 5.15. The minimum atomic E-state index is 0.207. The van der Waals surface area contributed by atoms with Crippen LogP contribution in [-0.4, -0.2) is 13.2 Å². The molecule has 0 spiro atoms. The Morgan fingerprint density at radius 3 is 2.59 bits per heavy atom. The van der Waals surface area contributed by atoms with Crippen LogP contribution in [0.3, 0.4) is 0 Å². The Morgan fingerprint density at radius 1 is 0.966 bits per heavy atom. The van der Waals surface area contributed by atoms with E-state index >= 15 is 0 Å². The molecule has 148 valence electrons. The van der Waals surface area contributed by atoms with E-state index in [-0.39, 0.29) is 6.10 Å². The topological polar surface area (TPSA) is 27.7 Å². The van der Waals surface area contributed by atoms with Gasteiger partial charge >= 0.3 is 0 Å². The fraction of sp³-hybridized carbons (Fsp3) is 0.231. The zero-order chi connectivity index (χ0) is 19.9. The molecule has 4 rings (SSSR count). The molecule has 1 aliphatic rings. The predicted octanol–water partition coefficient (Wildman–Crippen LogP) is 5.82. The van der Waals surface area contributed by atoms with Crippen LogP contribution < -0.4 is 9.47 Å². The summed E-state index contributed by atoms with van der Waals surface area (Å²) in [7, 11) is 1.66. The van der Waals surface area contributed by atoms with Gasteiger partial charge in [0.1, 0.15) is 24.2 Å². The molecule has 3 nitrogen and oxygen atoms in total. The van der Waals surface area contributed by atoms with Crippen molar-refractivity contribution in [2.45, 2.75) is 32.0 Å². The fourth-order valence-corrected chi connectivity index (χ4v) is 3.58. The molecule has 0 saturated carbocycles. The van der Waals surface area contributed by atoms with Crippen molar-refractivity contribution in [2.75, 3.05) is 7.11 Å². The molecule has 1 unspecified atom stereocenters. The van der Waals surface area contributed by atoms with Gasteiger partial charge in [0.25, 0.3) is 0 Å². The summed E-state index contributed by atoms with van der Waals surface area (Å²) in [4.78, 5) is 0. The van der Waals surface area contributed by atoms with Crippen LogP contribution in [0.1, 0.15) is 28.7 Å². The highest BCUT2D eigenvalue weighted by atomic mass is 16.5. The lowest BCUT2D eigenvalue weighted by Gasteiger charge is -2.26. The SMILES string of the molecule is COC=Cc1ccc2c(c1)CCC(Cc1ccc(OCc3ccccc3)cc1)O2. The van der Waals surface area contributed by atoms with Crippen molar-refractivity contribution in [2.24, 2.45) is 0 Å². The van der Waals surface area contributed by atoms with Crippen LogP contribution in [-0.2, 0) is 24.2 Å². The van der Waals surface area contributed by atoms with Crippen molar-refractivity contribution in [3.8, 4) is 11.5 Å². The molecule has 3 heteroatoms. The number of methoxy groups -OCH3 is 1. The summed E-state index contributed by atoms with van der Waals surface area (Å²) in [6.07, 6.45) is 6.83. The van der Waals surface area contributed by atoms with Crippen molar-refractivity contribution in [3.05, 3.63) is 101 Å². The van der Waals surface area contributed by atoms with E-state index in [1.807, 2.05) is 36.4 Å². The van der Waals surface area contributed by atoms with Gasteiger partial charge in [0.05, 0.1) is 13.4 Å². The third-order valence-corrected chi connectivity index (χ3v) is 5.15. The third kappa shape index (κ3) is 5.20. The van der Waals surface area contributed by atoms with Gasteiger partial charge in [0.15, 0.2) is 0 Å². The molecule has 3 aromatic rings. The van der Waals surface area contributed by atoms with Crippen LogP contribution >= 0.6 is 0 Å². The average Bonchev–Trinajstić information content (AvgIpc) is 2.78. The summed E-state index contributed by atoms with van der Waals surface area (Å²) >= 11 is 0. The van der Waals surface area contributed by atoms with Crippen molar-refractivity contribution in [3.63, 3.8) is 0 Å². The lowest BCUT2D eigenvalue weighted by molar-refractivity contribution is 0.174. The van der Waals surface area contributed by atoms with Gasteiger partial charge in [-0.1, -0.05) is 48.5 Å². The van der Waals surface area contributed by atoms with Crippen molar-refractivity contribution < 1.29 is 14.2 Å². The van der Waals surface area contributed by atoms with Crippen LogP contribution in [0.25, 0.3) is 6.08 Å². The maximum absolute atomic E-state index is 6.24. The molecule has 1 aliphatic heterocycles. The van der Waals surface area contributed by atoms with Gasteiger partial charge in [-0.05, 0) is 65.4 Å². The van der Waals surface area contributed by atoms with Gasteiger partial charge < -0.3 is 14.2 Å². The van der Waals surface area contributed by atoms with Crippen molar-refractivity contribution in [1.29, 1.82) is 0 Å². The first kappa shape index (κ1) is 19.1. The normalized spacial score (nSPS) is 15.6. The van der Waals surface area contributed by atoms with Gasteiger partial charge in [0.2, 0.25) is 0 Å². The monoisotopic (exact) mass is 386 g/mol. The molecule has 29 heavy (non-hydrogen) atoms. The smallest absolute Gasteiger partial charge is 0.122 e. The van der Waals surface area contributed by atoms with E-state index in [0.29, 0.717) is 6.61 Å². The molecule has 1 heterocycles. The molecule has 0 fully saturated rings. The van der Waals surface area contributed by atoms with E-state index in [9.17, 15) is 0 Å². The molecular weight excluding hydrogens is 360 g/mol. The predicted molar refractivity (Wildman–Crippen MR) is 116 cm³/mol. The molecule has 0 aromatic heterocycles. The largest absolute Gasteiger partial charge is 0.504 e. The first-order chi connectivity index (χ1) is 14.3. The summed E-state index contributed by atoms with van der Waals surface area (Å²) in [5.41, 5.74) is 4.85. The van der Waals surface area contributed by atoms with Gasteiger partial charge in [-0.15, -0.1) is 0 Å². The second kappa shape index (κ2) is 9.33. The lowest BCUT2D eigenvalue weighted by atomic mass is 9.96. The molecule has 0 radical (unpaired) electrons. The summed E-state index contributed by atoms with van der Waals surface area (Å²) in [6.45, 7) is 0.588. The Hall–Kier alpha value is -3.20. The van der Waals surface area contributed by atoms with Crippen molar-refractivity contribution >= 4 is 6.08 Å². The molecule has 0 saturated heterocycles. The second-order valence-electron chi connectivity index (χ2n) is 7.31. The maximum atomic E-state index is 6.24. The quantitative estimate of drug-likeness (QED) is 0.479. The number of fused-ring (bicyclic) bond motifs is 1. The zero-order valence-corrected chi connectivity index (χ0v) is 16.7. The van der Waals surface area contributed by atoms with E-state index < -0.39 is 0 Å². The second-order valence-corrected chi connectivity index (χ2v) is 7.31. The van der Waals surface area contributed by atoms with Crippen LogP contribution in [0.2, 0.25) is 0 Å². The van der Waals surface area contributed by atoms with Gasteiger partial charge in [-0.3, -0.25) is 0 Å². The van der Waals surface area contributed by atoms with E-state index in [2.05, 4.69) is 42.5 Å². The van der Waals surface area contributed by atoms with Crippen LogP contribution in [0, 0.1) is 0 Å². The summed E-state index contributed by atoms with van der Waals surface area (Å²) in [5.74, 6) is 1.89. The Kier molecular flexibility index (Phi) is 6.16. The standard InChI is InChI=1S/C26H26O3/c1-27-16-15-21-9-14-26-23(17-21)10-13-25(29-26)18-20-7-11-24(12-8-20)28-19-22-5-3-2-4-6-22/h2-9,11-12,14-17,25H,10,13,18-19H2,1H3. The lowest BCUT2D eigenvalue weighted by Crippen LogP contribution is -2.25. The number of ether oxygens (including phenoxy) is 3. The van der Waals surface area contributed by atoms with Crippen LogP contribution in [0.15, 0.2) is 79.1 Å². The fourth-order valence-electron chi connectivity index (χ4n) is 3.58. The van der Waals surface area contributed by atoms with Crippen molar-refractivity contribution in [1.82, 2.24) is 0 Å². The highest BCUT2D eigenvalue weighted by Crippen LogP contribution is 2.30. The Bertz CT molecular complexity index is 945. The Morgan fingerprint density at radius 2 is 1.79 bits per heavy atom. The number of rotatable bonds is 7. The Labute approximate surface area is 172 Å². The molecular formula is C26H26O3. The average molecular weight is 386 g/mol. The number of benzene rings is 3. The summed E-state index contributed by atoms with van der Waals surface area (Å²) < 4.78 is 17.1. The minimum absolute atomic E-state index is 0.207. The van der Waals surface area contributed by atoms with Gasteiger partial charge in [0, 0.05) is 6.42 Å². The Balaban J connectivity index is 1.32. The van der Waals surface area contributed by atoms with Crippen LogP contribution in [0.5, 0.6) is 11.5 Å². The molecule has 3 aromatic carbocycles. The highest BCUT2D eigenvalue weighted by molar-refractivity contribution is 5.53. The van der Waals surface area contributed by atoms with E-state index in [1.165, 1.54) is 16.7 Å². The van der Waals surface area contributed by atoms with E-state index in [0.717, 1.165) is 36.3 Å². The molecule has 0 amide bonds. The summed E-state index contributed by atoms with van der Waals surface area (Å²) in [6, 6.07) is 24.9. The number of aryl methyl sites for hydroxylation is 1. The first-order valence-electron chi connectivity index (χ1n) is 10.0.